The Hall–Kier alpha value is -4.34. The van der Waals surface area contributed by atoms with Gasteiger partial charge in [-0.2, -0.15) is 0 Å². The van der Waals surface area contributed by atoms with Gasteiger partial charge in [0.25, 0.3) is 11.8 Å². The van der Waals surface area contributed by atoms with Crippen LogP contribution >= 0.6 is 27.7 Å². The average molecular weight is 659 g/mol. The molecule has 9 heteroatoms. The molecule has 0 heterocycles. The Morgan fingerprint density at radius 3 is 2.28 bits per heavy atom. The van der Waals surface area contributed by atoms with Crippen molar-refractivity contribution in [3.63, 3.8) is 0 Å². The van der Waals surface area contributed by atoms with Crippen molar-refractivity contribution in [2.75, 3.05) is 17.2 Å². The van der Waals surface area contributed by atoms with Crippen LogP contribution in [-0.4, -0.2) is 29.6 Å². The summed E-state index contributed by atoms with van der Waals surface area (Å²) < 4.78 is 6.66. The summed E-state index contributed by atoms with van der Waals surface area (Å²) in [5.41, 5.74) is 2.37. The molecule has 4 aromatic rings. The summed E-state index contributed by atoms with van der Waals surface area (Å²) in [6, 6.07) is 30.7. The monoisotopic (exact) mass is 657 g/mol. The number of hydrogen-bond donors (Lipinski definition) is 3. The van der Waals surface area contributed by atoms with E-state index < -0.39 is 11.8 Å². The lowest BCUT2D eigenvalue weighted by Gasteiger charge is -2.16. The molecule has 0 aliphatic heterocycles. The van der Waals surface area contributed by atoms with Gasteiger partial charge in [-0.15, -0.1) is 11.8 Å². The van der Waals surface area contributed by atoms with E-state index >= 15 is 0 Å². The Labute approximate surface area is 264 Å². The number of halogens is 1. The van der Waals surface area contributed by atoms with Gasteiger partial charge in [-0.3, -0.25) is 14.4 Å². The van der Waals surface area contributed by atoms with Gasteiger partial charge in [0.15, 0.2) is 0 Å². The molecule has 0 aromatic heterocycles. The largest absolute Gasteiger partial charge is 0.493 e. The normalized spacial score (nSPS) is 11.7. The maximum Gasteiger partial charge on any atom is 0.272 e. The molecule has 220 valence electrons. The SMILES string of the molecule is CCOc1ccccc1/C=C(/NC(=O)c1ccccc1)C(=O)Nc1cccc(SC(CC)C(=O)Nc2ccc(Br)cc2)c1. The fourth-order valence-corrected chi connectivity index (χ4v) is 5.35. The lowest BCUT2D eigenvalue weighted by Crippen LogP contribution is -2.30. The first-order chi connectivity index (χ1) is 20.9. The van der Waals surface area contributed by atoms with Crippen molar-refractivity contribution >= 4 is 62.9 Å². The van der Waals surface area contributed by atoms with Crippen molar-refractivity contribution in [2.24, 2.45) is 0 Å². The van der Waals surface area contributed by atoms with Crippen LogP contribution in [-0.2, 0) is 9.59 Å². The second-order valence-electron chi connectivity index (χ2n) is 9.34. The zero-order valence-electron chi connectivity index (χ0n) is 23.8. The van der Waals surface area contributed by atoms with Crippen LogP contribution < -0.4 is 20.7 Å². The lowest BCUT2D eigenvalue weighted by molar-refractivity contribution is -0.116. The Morgan fingerprint density at radius 1 is 0.837 bits per heavy atom. The highest BCUT2D eigenvalue weighted by atomic mass is 79.9. The summed E-state index contributed by atoms with van der Waals surface area (Å²) in [4.78, 5) is 40.4. The number of para-hydroxylation sites is 1. The van der Waals surface area contributed by atoms with E-state index in [1.165, 1.54) is 11.8 Å². The van der Waals surface area contributed by atoms with Crippen LogP contribution in [0.1, 0.15) is 36.2 Å². The van der Waals surface area contributed by atoms with E-state index in [0.717, 1.165) is 15.1 Å². The first-order valence-electron chi connectivity index (χ1n) is 13.8. The van der Waals surface area contributed by atoms with Gasteiger partial charge in [0.05, 0.1) is 11.9 Å². The van der Waals surface area contributed by atoms with E-state index in [0.29, 0.717) is 35.6 Å². The van der Waals surface area contributed by atoms with Crippen molar-refractivity contribution in [2.45, 2.75) is 30.4 Å². The predicted molar refractivity (Wildman–Crippen MR) is 177 cm³/mol. The fraction of sp³-hybridized carbons (Fsp3) is 0.147. The fourth-order valence-electron chi connectivity index (χ4n) is 4.07. The summed E-state index contributed by atoms with van der Waals surface area (Å²) >= 11 is 4.82. The van der Waals surface area contributed by atoms with Crippen LogP contribution in [0.4, 0.5) is 11.4 Å². The zero-order chi connectivity index (χ0) is 30.6. The van der Waals surface area contributed by atoms with E-state index in [-0.39, 0.29) is 16.9 Å². The lowest BCUT2D eigenvalue weighted by atomic mass is 10.1. The van der Waals surface area contributed by atoms with Crippen LogP contribution in [0.2, 0.25) is 0 Å². The van der Waals surface area contributed by atoms with Gasteiger partial charge in [0.2, 0.25) is 5.91 Å². The Balaban J connectivity index is 1.53. The van der Waals surface area contributed by atoms with Gasteiger partial charge >= 0.3 is 0 Å². The number of carbonyl (C=O) groups is 3. The van der Waals surface area contributed by atoms with Crippen LogP contribution in [0.3, 0.4) is 0 Å². The minimum absolute atomic E-state index is 0.0550. The number of nitrogens with one attached hydrogen (secondary N) is 3. The molecule has 0 saturated carbocycles. The molecule has 43 heavy (non-hydrogen) atoms. The van der Waals surface area contributed by atoms with Gasteiger partial charge in [-0.25, -0.2) is 0 Å². The average Bonchev–Trinajstić information content (AvgIpc) is 3.02. The van der Waals surface area contributed by atoms with Gasteiger partial charge in [-0.05, 0) is 80.1 Å². The number of ether oxygens (including phenoxy) is 1. The third-order valence-electron chi connectivity index (χ3n) is 6.19. The summed E-state index contributed by atoms with van der Waals surface area (Å²) in [6.45, 7) is 4.29. The van der Waals surface area contributed by atoms with Crippen LogP contribution in [0.25, 0.3) is 6.08 Å². The topological polar surface area (TPSA) is 96.5 Å². The second kappa shape index (κ2) is 15.8. The molecule has 0 bridgehead atoms. The molecule has 3 amide bonds. The molecule has 1 atom stereocenters. The molecule has 0 aliphatic rings. The standard InChI is InChI=1S/C34H32BrN3O4S/c1-3-31(34(41)36-26-19-17-25(35)18-20-26)43-28-15-10-14-27(22-28)37-33(40)29(38-32(39)23-11-6-5-7-12-23)21-24-13-8-9-16-30(24)42-4-2/h5-22,31H,3-4H2,1-2H3,(H,36,41)(H,37,40)(H,38,39)/b29-21+. The van der Waals surface area contributed by atoms with E-state index in [9.17, 15) is 14.4 Å². The summed E-state index contributed by atoms with van der Waals surface area (Å²) in [7, 11) is 0. The molecule has 0 spiro atoms. The minimum Gasteiger partial charge on any atom is -0.493 e. The molecule has 0 radical (unpaired) electrons. The molecular formula is C34H32BrN3O4S. The maximum absolute atomic E-state index is 13.6. The number of anilines is 2. The number of rotatable bonds is 12. The van der Waals surface area contributed by atoms with Crippen molar-refractivity contribution < 1.29 is 19.1 Å². The van der Waals surface area contributed by atoms with E-state index in [4.69, 9.17) is 4.74 Å². The van der Waals surface area contributed by atoms with Crippen LogP contribution in [0.5, 0.6) is 5.75 Å². The van der Waals surface area contributed by atoms with Gasteiger partial charge in [0.1, 0.15) is 11.4 Å². The third kappa shape index (κ3) is 9.33. The number of thioether (sulfide) groups is 1. The van der Waals surface area contributed by atoms with E-state index in [1.54, 1.807) is 36.4 Å². The number of carbonyl (C=O) groups excluding carboxylic acids is 3. The highest BCUT2D eigenvalue weighted by Crippen LogP contribution is 2.29. The molecular weight excluding hydrogens is 626 g/mol. The molecule has 0 fully saturated rings. The molecule has 4 rings (SSSR count). The smallest absolute Gasteiger partial charge is 0.272 e. The van der Waals surface area contributed by atoms with Crippen LogP contribution in [0.15, 0.2) is 118 Å². The second-order valence-corrected chi connectivity index (χ2v) is 11.5. The highest BCUT2D eigenvalue weighted by molar-refractivity contribution is 9.10. The number of amides is 3. The minimum atomic E-state index is -0.502. The third-order valence-corrected chi connectivity index (χ3v) is 8.08. The first-order valence-corrected chi connectivity index (χ1v) is 15.5. The summed E-state index contributed by atoms with van der Waals surface area (Å²) in [6.07, 6.45) is 2.21. The number of hydrogen-bond acceptors (Lipinski definition) is 5. The van der Waals surface area contributed by atoms with Gasteiger partial charge in [-0.1, -0.05) is 65.3 Å². The highest BCUT2D eigenvalue weighted by Gasteiger charge is 2.20. The molecule has 1 unspecified atom stereocenters. The summed E-state index contributed by atoms with van der Waals surface area (Å²) in [5.74, 6) is -0.429. The molecule has 0 saturated heterocycles. The maximum atomic E-state index is 13.6. The van der Waals surface area contributed by atoms with Gasteiger partial charge in [0, 0.05) is 31.9 Å². The first kappa shape index (κ1) is 31.6. The quantitative estimate of drug-likeness (QED) is 0.107. The van der Waals surface area contributed by atoms with Crippen molar-refractivity contribution in [1.82, 2.24) is 5.32 Å². The summed E-state index contributed by atoms with van der Waals surface area (Å²) in [5, 5.41) is 8.28. The molecule has 4 aromatic carbocycles. The van der Waals surface area contributed by atoms with E-state index in [1.807, 2.05) is 86.6 Å². The van der Waals surface area contributed by atoms with Crippen molar-refractivity contribution in [3.8, 4) is 5.75 Å². The Kier molecular flexibility index (Phi) is 11.6. The Bertz CT molecular complexity index is 1590. The number of benzene rings is 4. The predicted octanol–water partition coefficient (Wildman–Crippen LogP) is 7.77. The van der Waals surface area contributed by atoms with Crippen molar-refractivity contribution in [3.05, 3.63) is 124 Å². The van der Waals surface area contributed by atoms with E-state index in [2.05, 4.69) is 31.9 Å². The van der Waals surface area contributed by atoms with Crippen molar-refractivity contribution in [1.29, 1.82) is 0 Å². The zero-order valence-corrected chi connectivity index (χ0v) is 26.2. The van der Waals surface area contributed by atoms with Gasteiger partial charge < -0.3 is 20.7 Å². The molecule has 0 aliphatic carbocycles. The Morgan fingerprint density at radius 2 is 1.56 bits per heavy atom. The molecule has 7 nitrogen and oxygen atoms in total. The van der Waals surface area contributed by atoms with Crippen LogP contribution in [0, 0.1) is 0 Å². The molecule has 3 N–H and O–H groups in total.